The first-order valence-electron chi connectivity index (χ1n) is 14.1. The van der Waals surface area contributed by atoms with Gasteiger partial charge in [-0.15, -0.1) is 0 Å². The van der Waals surface area contributed by atoms with Gasteiger partial charge in [0.2, 0.25) is 0 Å². The Bertz CT molecular complexity index is 1060. The Morgan fingerprint density at radius 1 is 0.900 bits per heavy atom. The van der Waals surface area contributed by atoms with E-state index in [2.05, 4.69) is 15.5 Å². The van der Waals surface area contributed by atoms with E-state index in [0.717, 1.165) is 43.4 Å². The predicted octanol–water partition coefficient (Wildman–Crippen LogP) is 5.18. The van der Waals surface area contributed by atoms with Crippen LogP contribution in [0.5, 0.6) is 0 Å². The van der Waals surface area contributed by atoms with Gasteiger partial charge in [-0.05, 0) is 70.5 Å². The molecular weight excluding hydrogens is 510 g/mol. The van der Waals surface area contributed by atoms with E-state index >= 15 is 0 Å². The summed E-state index contributed by atoms with van der Waals surface area (Å²) in [6, 6.07) is 18.6. The molecule has 218 valence electrons. The van der Waals surface area contributed by atoms with E-state index in [1.807, 2.05) is 81.4 Å². The van der Waals surface area contributed by atoms with Crippen molar-refractivity contribution in [2.24, 2.45) is 0 Å². The highest BCUT2D eigenvalue weighted by Gasteiger charge is 2.34. The topological polar surface area (TPSA) is 106 Å². The Kier molecular flexibility index (Phi) is 12.3. The molecule has 0 saturated carbocycles. The maximum Gasteiger partial charge on any atom is 0.407 e. The molecule has 9 heteroatoms. The summed E-state index contributed by atoms with van der Waals surface area (Å²) in [6.45, 7) is 7.66. The molecule has 0 radical (unpaired) electrons. The van der Waals surface area contributed by atoms with Crippen molar-refractivity contribution in [3.63, 3.8) is 0 Å². The normalized spacial score (nSPS) is 16.1. The number of ether oxygens (including phenoxy) is 3. The summed E-state index contributed by atoms with van der Waals surface area (Å²) in [5.74, 6) is -0.240. The zero-order valence-corrected chi connectivity index (χ0v) is 23.9. The van der Waals surface area contributed by atoms with Gasteiger partial charge < -0.3 is 24.8 Å². The first kappa shape index (κ1) is 30.9. The lowest BCUT2D eigenvalue weighted by Gasteiger charge is -2.29. The average Bonchev–Trinajstić information content (AvgIpc) is 3.38. The van der Waals surface area contributed by atoms with E-state index in [-0.39, 0.29) is 31.3 Å². The number of unbranched alkanes of at least 4 members (excludes halogenated alkanes) is 1. The molecule has 2 atom stereocenters. The molecule has 0 aliphatic carbocycles. The molecule has 1 heterocycles. The van der Waals surface area contributed by atoms with Crippen LogP contribution in [0.2, 0.25) is 0 Å². The van der Waals surface area contributed by atoms with E-state index in [9.17, 15) is 14.4 Å². The van der Waals surface area contributed by atoms with Crippen LogP contribution in [0.25, 0.3) is 0 Å². The van der Waals surface area contributed by atoms with Crippen LogP contribution in [0.4, 0.5) is 9.59 Å². The monoisotopic (exact) mass is 553 g/mol. The van der Waals surface area contributed by atoms with E-state index in [1.54, 1.807) is 0 Å². The third-order valence-electron chi connectivity index (χ3n) is 6.50. The third-order valence-corrected chi connectivity index (χ3v) is 6.50. The second-order valence-corrected chi connectivity index (χ2v) is 11.1. The number of carbonyl (C=O) groups is 3. The maximum absolute atomic E-state index is 12.9. The summed E-state index contributed by atoms with van der Waals surface area (Å²) >= 11 is 0. The van der Waals surface area contributed by atoms with Gasteiger partial charge in [0.15, 0.2) is 0 Å². The molecule has 1 fully saturated rings. The highest BCUT2D eigenvalue weighted by atomic mass is 16.6. The van der Waals surface area contributed by atoms with Gasteiger partial charge in [0, 0.05) is 19.1 Å². The molecule has 2 aromatic carbocycles. The average molecular weight is 554 g/mol. The summed E-state index contributed by atoms with van der Waals surface area (Å²) in [5.41, 5.74) is 1.26. The van der Waals surface area contributed by atoms with Gasteiger partial charge in [0.1, 0.15) is 24.9 Å². The van der Waals surface area contributed by atoms with Crippen LogP contribution in [-0.4, -0.2) is 60.4 Å². The minimum Gasteiger partial charge on any atom is -0.460 e. The molecule has 2 aromatic rings. The number of hydrogen-bond donors (Lipinski definition) is 2. The lowest BCUT2D eigenvalue weighted by Crippen LogP contribution is -2.48. The van der Waals surface area contributed by atoms with Crippen molar-refractivity contribution < 1.29 is 28.6 Å². The second kappa shape index (κ2) is 15.9. The molecule has 2 N–H and O–H groups in total. The summed E-state index contributed by atoms with van der Waals surface area (Å²) in [6.07, 6.45) is 2.82. The molecule has 1 aliphatic rings. The van der Waals surface area contributed by atoms with E-state index in [0.29, 0.717) is 19.5 Å². The van der Waals surface area contributed by atoms with Crippen LogP contribution < -0.4 is 10.6 Å². The number of nitrogens with one attached hydrogen (secondary N) is 2. The van der Waals surface area contributed by atoms with Crippen LogP contribution in [0.3, 0.4) is 0 Å². The molecule has 1 saturated heterocycles. The lowest BCUT2D eigenvalue weighted by molar-refractivity contribution is -0.150. The van der Waals surface area contributed by atoms with Crippen LogP contribution in [-0.2, 0) is 32.2 Å². The first-order valence-corrected chi connectivity index (χ1v) is 14.1. The fourth-order valence-corrected chi connectivity index (χ4v) is 4.58. The van der Waals surface area contributed by atoms with Gasteiger partial charge >= 0.3 is 18.2 Å². The van der Waals surface area contributed by atoms with Crippen molar-refractivity contribution in [1.82, 2.24) is 15.5 Å². The summed E-state index contributed by atoms with van der Waals surface area (Å²) in [7, 11) is 0. The molecule has 2 amide bonds. The van der Waals surface area contributed by atoms with Crippen molar-refractivity contribution in [3.05, 3.63) is 71.8 Å². The number of benzene rings is 2. The summed E-state index contributed by atoms with van der Waals surface area (Å²) in [5, 5.41) is 5.77. The number of hydrogen-bond acceptors (Lipinski definition) is 7. The molecule has 0 aromatic heterocycles. The lowest BCUT2D eigenvalue weighted by atomic mass is 10.1. The third kappa shape index (κ3) is 11.7. The van der Waals surface area contributed by atoms with Crippen molar-refractivity contribution >= 4 is 18.2 Å². The molecule has 0 bridgehead atoms. The first-order chi connectivity index (χ1) is 19.2. The van der Waals surface area contributed by atoms with Gasteiger partial charge in [0.05, 0.1) is 0 Å². The number of esters is 1. The summed E-state index contributed by atoms with van der Waals surface area (Å²) < 4.78 is 16.3. The van der Waals surface area contributed by atoms with E-state index < -0.39 is 17.8 Å². The number of rotatable bonds is 13. The van der Waals surface area contributed by atoms with Crippen molar-refractivity contribution in [3.8, 4) is 0 Å². The molecule has 3 rings (SSSR count). The zero-order chi connectivity index (χ0) is 28.8. The molecule has 40 heavy (non-hydrogen) atoms. The predicted molar refractivity (Wildman–Crippen MR) is 152 cm³/mol. The molecule has 0 unspecified atom stereocenters. The van der Waals surface area contributed by atoms with E-state index in [1.165, 1.54) is 0 Å². The Labute approximate surface area is 237 Å². The SMILES string of the molecule is CC(C)(C)OC(=O)N[C@@H](CCCCNC(=O)OCc1ccccc1)CN1CCC[C@H]1C(=O)OCc1ccccc1. The van der Waals surface area contributed by atoms with Crippen LogP contribution >= 0.6 is 0 Å². The highest BCUT2D eigenvalue weighted by Crippen LogP contribution is 2.21. The standard InChI is InChI=1S/C31H43N3O6/c1-31(2,3)40-30(37)33-26(17-10-11-19-32-29(36)39-23-25-15-8-5-9-16-25)21-34-20-12-18-27(34)28(35)38-22-24-13-6-4-7-14-24/h4-9,13-16,26-27H,10-12,17-23H2,1-3H3,(H,32,36)(H,33,37)/t26-,27-/m0/s1. The van der Waals surface area contributed by atoms with Crippen molar-refractivity contribution in [1.29, 1.82) is 0 Å². The summed E-state index contributed by atoms with van der Waals surface area (Å²) in [4.78, 5) is 39.6. The number of likely N-dealkylation sites (tertiary alicyclic amines) is 1. The van der Waals surface area contributed by atoms with Gasteiger partial charge in [-0.3, -0.25) is 9.69 Å². The van der Waals surface area contributed by atoms with Gasteiger partial charge in [-0.2, -0.15) is 0 Å². The van der Waals surface area contributed by atoms with Crippen LogP contribution in [0.1, 0.15) is 64.0 Å². The Morgan fingerprint density at radius 2 is 1.52 bits per heavy atom. The van der Waals surface area contributed by atoms with Gasteiger partial charge in [0.25, 0.3) is 0 Å². The second-order valence-electron chi connectivity index (χ2n) is 11.1. The molecule has 1 aliphatic heterocycles. The molecule has 9 nitrogen and oxygen atoms in total. The fourth-order valence-electron chi connectivity index (χ4n) is 4.58. The maximum atomic E-state index is 12.9. The van der Waals surface area contributed by atoms with Crippen molar-refractivity contribution in [2.45, 2.75) is 83.8 Å². The highest BCUT2D eigenvalue weighted by molar-refractivity contribution is 5.76. The Hall–Kier alpha value is -3.59. The number of amides is 2. The van der Waals surface area contributed by atoms with Crippen LogP contribution in [0.15, 0.2) is 60.7 Å². The van der Waals surface area contributed by atoms with Crippen molar-refractivity contribution in [2.75, 3.05) is 19.6 Å². The Morgan fingerprint density at radius 3 is 2.15 bits per heavy atom. The fraction of sp³-hybridized carbons (Fsp3) is 0.516. The number of carbonyl (C=O) groups excluding carboxylic acids is 3. The number of nitrogens with zero attached hydrogens (tertiary/aromatic N) is 1. The quantitative estimate of drug-likeness (QED) is 0.200. The smallest absolute Gasteiger partial charge is 0.407 e. The van der Waals surface area contributed by atoms with Gasteiger partial charge in [-0.25, -0.2) is 9.59 Å². The minimum atomic E-state index is -0.615. The van der Waals surface area contributed by atoms with E-state index in [4.69, 9.17) is 14.2 Å². The molecular formula is C31H43N3O6. The molecule has 0 spiro atoms. The number of alkyl carbamates (subject to hydrolysis) is 2. The Balaban J connectivity index is 1.46. The largest absolute Gasteiger partial charge is 0.460 e. The van der Waals surface area contributed by atoms with Gasteiger partial charge in [-0.1, -0.05) is 60.7 Å². The zero-order valence-electron chi connectivity index (χ0n) is 23.9. The minimum absolute atomic E-state index is 0.220. The van der Waals surface area contributed by atoms with Crippen LogP contribution in [0, 0.1) is 0 Å².